The smallest absolute Gasteiger partial charge is 0.262 e. The van der Waals surface area contributed by atoms with Crippen molar-refractivity contribution >= 4 is 17.3 Å². The Kier molecular flexibility index (Phi) is 5.23. The van der Waals surface area contributed by atoms with Crippen molar-refractivity contribution < 1.29 is 9.90 Å². The van der Waals surface area contributed by atoms with Gasteiger partial charge in [0.1, 0.15) is 11.8 Å². The summed E-state index contributed by atoms with van der Waals surface area (Å²) in [6, 6.07) is 7.06. The first-order valence-corrected chi connectivity index (χ1v) is 8.66. The fraction of sp³-hybridized carbons (Fsp3) is 0.300. The molecule has 1 amide bonds. The standard InChI is InChI=1S/C20H24N4O2/c1-13-7-6-8-15(12-11-13)24(3)14(2)19(25)23-22-18-16-9-4-5-10-17(16)21-20(18)26/h4-5,7-12,14,20-21,26H,6H2,1-3H3,(H,23,25)/b22-18-. The summed E-state index contributed by atoms with van der Waals surface area (Å²) in [5.41, 5.74) is 6.78. The third-order valence-electron chi connectivity index (χ3n) is 4.69. The number of benzene rings is 1. The molecule has 1 heterocycles. The Morgan fingerprint density at radius 1 is 1.35 bits per heavy atom. The second-order valence-electron chi connectivity index (χ2n) is 6.50. The van der Waals surface area contributed by atoms with Gasteiger partial charge in [0, 0.05) is 24.0 Å². The highest BCUT2D eigenvalue weighted by Gasteiger charge is 2.26. The van der Waals surface area contributed by atoms with Crippen molar-refractivity contribution in [2.45, 2.75) is 32.5 Å². The van der Waals surface area contributed by atoms with Crippen LogP contribution < -0.4 is 10.7 Å². The largest absolute Gasteiger partial charge is 0.368 e. The Bertz CT molecular complexity index is 823. The van der Waals surface area contributed by atoms with Crippen molar-refractivity contribution in [3.63, 3.8) is 0 Å². The van der Waals surface area contributed by atoms with Crippen LogP contribution in [-0.2, 0) is 4.79 Å². The zero-order valence-corrected chi connectivity index (χ0v) is 15.2. The zero-order chi connectivity index (χ0) is 18.7. The first kappa shape index (κ1) is 17.9. The van der Waals surface area contributed by atoms with Gasteiger partial charge in [-0.3, -0.25) is 4.79 Å². The van der Waals surface area contributed by atoms with Crippen LogP contribution in [0.4, 0.5) is 5.69 Å². The molecular weight excluding hydrogens is 328 g/mol. The molecule has 1 aromatic carbocycles. The van der Waals surface area contributed by atoms with Crippen LogP contribution in [-0.4, -0.2) is 40.9 Å². The second-order valence-corrected chi connectivity index (χ2v) is 6.50. The molecule has 2 aliphatic rings. The van der Waals surface area contributed by atoms with E-state index in [1.165, 1.54) is 5.57 Å². The van der Waals surface area contributed by atoms with E-state index in [1.807, 2.05) is 55.3 Å². The quantitative estimate of drug-likeness (QED) is 0.727. The van der Waals surface area contributed by atoms with Gasteiger partial charge in [0.2, 0.25) is 0 Å². The number of rotatable bonds is 4. The van der Waals surface area contributed by atoms with Crippen LogP contribution in [0.25, 0.3) is 0 Å². The predicted octanol–water partition coefficient (Wildman–Crippen LogP) is 2.36. The lowest BCUT2D eigenvalue weighted by atomic mass is 10.1. The first-order chi connectivity index (χ1) is 12.5. The summed E-state index contributed by atoms with van der Waals surface area (Å²) in [6.07, 6.45) is 8.18. The Hall–Kier alpha value is -2.86. The lowest BCUT2D eigenvalue weighted by Crippen LogP contribution is -2.41. The van der Waals surface area contributed by atoms with Crippen molar-refractivity contribution in [3.05, 3.63) is 65.4 Å². The molecule has 0 fully saturated rings. The fourth-order valence-electron chi connectivity index (χ4n) is 2.90. The van der Waals surface area contributed by atoms with Gasteiger partial charge >= 0.3 is 0 Å². The maximum Gasteiger partial charge on any atom is 0.262 e. The number of aliphatic hydroxyl groups is 1. The summed E-state index contributed by atoms with van der Waals surface area (Å²) in [5.74, 6) is -0.236. The lowest BCUT2D eigenvalue weighted by Gasteiger charge is -2.26. The van der Waals surface area contributed by atoms with E-state index in [0.29, 0.717) is 5.71 Å². The molecule has 1 aromatic rings. The van der Waals surface area contributed by atoms with Crippen LogP contribution in [0, 0.1) is 0 Å². The number of likely N-dealkylation sites (N-methyl/N-ethyl adjacent to an activating group) is 1. The SMILES string of the molecule is CC1=CCC=C(N(C)C(C)C(=O)N/N=C2/c3ccccc3NC2O)C=C1. The van der Waals surface area contributed by atoms with Crippen LogP contribution in [0.3, 0.4) is 0 Å². The van der Waals surface area contributed by atoms with Gasteiger partial charge in [0.25, 0.3) is 5.91 Å². The topological polar surface area (TPSA) is 77.0 Å². The summed E-state index contributed by atoms with van der Waals surface area (Å²) >= 11 is 0. The van der Waals surface area contributed by atoms with Gasteiger partial charge in [0.15, 0.2) is 6.23 Å². The van der Waals surface area contributed by atoms with E-state index in [0.717, 1.165) is 23.4 Å². The molecule has 0 saturated carbocycles. The Morgan fingerprint density at radius 2 is 2.12 bits per heavy atom. The molecule has 1 aliphatic carbocycles. The highest BCUT2D eigenvalue weighted by Crippen LogP contribution is 2.24. The first-order valence-electron chi connectivity index (χ1n) is 8.66. The van der Waals surface area contributed by atoms with Crippen LogP contribution in [0.1, 0.15) is 25.8 Å². The number of allylic oxidation sites excluding steroid dienone is 5. The number of para-hydroxylation sites is 1. The summed E-state index contributed by atoms with van der Waals surface area (Å²) in [4.78, 5) is 14.4. The lowest BCUT2D eigenvalue weighted by molar-refractivity contribution is -0.124. The number of hydrogen-bond donors (Lipinski definition) is 3. The van der Waals surface area contributed by atoms with Crippen LogP contribution in [0.15, 0.2) is 64.9 Å². The summed E-state index contributed by atoms with van der Waals surface area (Å²) in [6.45, 7) is 3.88. The van der Waals surface area contributed by atoms with E-state index in [4.69, 9.17) is 0 Å². The molecule has 0 radical (unpaired) electrons. The molecule has 2 unspecified atom stereocenters. The van der Waals surface area contributed by atoms with Crippen molar-refractivity contribution in [1.82, 2.24) is 10.3 Å². The van der Waals surface area contributed by atoms with Gasteiger partial charge in [0.05, 0.1) is 0 Å². The molecule has 2 atom stereocenters. The maximum atomic E-state index is 12.5. The summed E-state index contributed by atoms with van der Waals surface area (Å²) in [5, 5.41) is 17.2. The van der Waals surface area contributed by atoms with E-state index in [2.05, 4.69) is 34.9 Å². The van der Waals surface area contributed by atoms with E-state index >= 15 is 0 Å². The molecular formula is C20H24N4O2. The van der Waals surface area contributed by atoms with Gasteiger partial charge in [-0.1, -0.05) is 42.0 Å². The van der Waals surface area contributed by atoms with E-state index < -0.39 is 12.3 Å². The number of carbonyl (C=O) groups is 1. The molecule has 6 nitrogen and oxygen atoms in total. The van der Waals surface area contributed by atoms with Crippen molar-refractivity contribution in [1.29, 1.82) is 0 Å². The molecule has 3 rings (SSSR count). The molecule has 0 bridgehead atoms. The minimum Gasteiger partial charge on any atom is -0.368 e. The molecule has 136 valence electrons. The highest BCUT2D eigenvalue weighted by molar-refractivity contribution is 6.12. The van der Waals surface area contributed by atoms with E-state index in [9.17, 15) is 9.90 Å². The molecule has 0 saturated heterocycles. The monoisotopic (exact) mass is 352 g/mol. The number of fused-ring (bicyclic) bond motifs is 1. The van der Waals surface area contributed by atoms with Crippen molar-refractivity contribution in [3.8, 4) is 0 Å². The third kappa shape index (κ3) is 3.70. The van der Waals surface area contributed by atoms with Gasteiger partial charge in [-0.15, -0.1) is 0 Å². The van der Waals surface area contributed by atoms with Crippen LogP contribution in [0.2, 0.25) is 0 Å². The highest BCUT2D eigenvalue weighted by atomic mass is 16.3. The number of aliphatic hydroxyl groups excluding tert-OH is 1. The Balaban J connectivity index is 1.68. The number of carbonyl (C=O) groups excluding carboxylic acids is 1. The van der Waals surface area contributed by atoms with Crippen LogP contribution >= 0.6 is 0 Å². The molecule has 3 N–H and O–H groups in total. The number of hydrogen-bond acceptors (Lipinski definition) is 5. The average molecular weight is 352 g/mol. The minimum atomic E-state index is -0.928. The van der Waals surface area contributed by atoms with Crippen molar-refractivity contribution in [2.75, 3.05) is 12.4 Å². The minimum absolute atomic E-state index is 0.236. The fourth-order valence-corrected chi connectivity index (χ4v) is 2.90. The predicted molar refractivity (Wildman–Crippen MR) is 104 cm³/mol. The maximum absolute atomic E-state index is 12.5. The van der Waals surface area contributed by atoms with Gasteiger partial charge in [-0.25, -0.2) is 5.43 Å². The molecule has 26 heavy (non-hydrogen) atoms. The third-order valence-corrected chi connectivity index (χ3v) is 4.69. The van der Waals surface area contributed by atoms with Crippen LogP contribution in [0.5, 0.6) is 0 Å². The normalized spacial score (nSPS) is 21.2. The van der Waals surface area contributed by atoms with E-state index in [1.54, 1.807) is 0 Å². The number of nitrogens with zero attached hydrogens (tertiary/aromatic N) is 2. The number of amides is 1. The zero-order valence-electron chi connectivity index (χ0n) is 15.2. The Labute approximate surface area is 153 Å². The Morgan fingerprint density at radius 3 is 2.92 bits per heavy atom. The molecule has 0 aromatic heterocycles. The molecule has 1 aliphatic heterocycles. The van der Waals surface area contributed by atoms with Crippen molar-refractivity contribution in [2.24, 2.45) is 5.10 Å². The summed E-state index contributed by atoms with van der Waals surface area (Å²) in [7, 11) is 1.88. The number of hydrazone groups is 1. The second kappa shape index (κ2) is 7.58. The van der Waals surface area contributed by atoms with Gasteiger partial charge in [-0.2, -0.15) is 5.10 Å². The van der Waals surface area contributed by atoms with E-state index in [-0.39, 0.29) is 5.91 Å². The van der Waals surface area contributed by atoms with Gasteiger partial charge in [-0.05, 0) is 32.4 Å². The average Bonchev–Trinajstić information content (AvgIpc) is 2.79. The molecule has 6 heteroatoms. The number of nitrogens with one attached hydrogen (secondary N) is 2. The van der Waals surface area contributed by atoms with Gasteiger partial charge < -0.3 is 15.3 Å². The summed E-state index contributed by atoms with van der Waals surface area (Å²) < 4.78 is 0. The molecule has 0 spiro atoms. The number of anilines is 1.